The molecule has 0 unspecified atom stereocenters. The molecule has 0 spiro atoms. The smallest absolute Gasteiger partial charge is 0.251 e. The molecular formula is C16H13Cl2NO. The number of anilines is 1. The van der Waals surface area contributed by atoms with Crippen LogP contribution in [0.3, 0.4) is 0 Å². The minimum Gasteiger partial charge on any atom is -0.322 e. The standard InChI is InChI=1S/C16H13Cl2NO/c1-11(7-12-5-3-2-4-6-12)16(20)19-15-9-13(17)8-14(18)10-15/h2-10H,1H3,(H,19,20)/b11-7+. The Bertz CT molecular complexity index is 631. The fraction of sp³-hybridized carbons (Fsp3) is 0.0625. The van der Waals surface area contributed by atoms with Crippen molar-refractivity contribution in [1.29, 1.82) is 0 Å². The van der Waals surface area contributed by atoms with Crippen LogP contribution in [0.4, 0.5) is 5.69 Å². The van der Waals surface area contributed by atoms with Crippen molar-refractivity contribution in [2.75, 3.05) is 5.32 Å². The fourth-order valence-electron chi connectivity index (χ4n) is 1.72. The molecule has 0 aliphatic rings. The highest BCUT2D eigenvalue weighted by Crippen LogP contribution is 2.22. The average Bonchev–Trinajstić information content (AvgIpc) is 2.38. The number of nitrogens with one attached hydrogen (secondary N) is 1. The molecule has 2 aromatic rings. The normalized spacial score (nSPS) is 11.2. The Morgan fingerprint density at radius 1 is 1.05 bits per heavy atom. The SMILES string of the molecule is C/C(=C\c1ccccc1)C(=O)Nc1cc(Cl)cc(Cl)c1. The summed E-state index contributed by atoms with van der Waals surface area (Å²) in [5, 5.41) is 3.74. The van der Waals surface area contributed by atoms with Gasteiger partial charge in [-0.1, -0.05) is 53.5 Å². The number of carbonyl (C=O) groups is 1. The molecule has 0 saturated carbocycles. The summed E-state index contributed by atoms with van der Waals surface area (Å²) in [5.41, 5.74) is 2.16. The first kappa shape index (κ1) is 14.6. The number of amides is 1. The highest BCUT2D eigenvalue weighted by molar-refractivity contribution is 6.35. The lowest BCUT2D eigenvalue weighted by Crippen LogP contribution is -2.12. The van der Waals surface area contributed by atoms with Gasteiger partial charge in [-0.15, -0.1) is 0 Å². The van der Waals surface area contributed by atoms with E-state index in [-0.39, 0.29) is 5.91 Å². The Morgan fingerprint density at radius 3 is 2.25 bits per heavy atom. The van der Waals surface area contributed by atoms with Gasteiger partial charge in [0.25, 0.3) is 5.91 Å². The molecule has 2 aromatic carbocycles. The number of hydrogen-bond acceptors (Lipinski definition) is 1. The Kier molecular flexibility index (Phi) is 4.83. The van der Waals surface area contributed by atoms with E-state index in [0.29, 0.717) is 21.3 Å². The number of benzene rings is 2. The lowest BCUT2D eigenvalue weighted by molar-refractivity contribution is -0.112. The maximum absolute atomic E-state index is 12.1. The third-order valence-corrected chi connectivity index (χ3v) is 3.10. The minimum atomic E-state index is -0.188. The first-order valence-electron chi connectivity index (χ1n) is 6.05. The summed E-state index contributed by atoms with van der Waals surface area (Å²) in [6.07, 6.45) is 1.82. The Hall–Kier alpha value is -1.77. The molecule has 20 heavy (non-hydrogen) atoms. The summed E-state index contributed by atoms with van der Waals surface area (Å²) < 4.78 is 0. The molecule has 0 aromatic heterocycles. The van der Waals surface area contributed by atoms with Gasteiger partial charge in [-0.3, -0.25) is 4.79 Å². The zero-order valence-corrected chi connectivity index (χ0v) is 12.4. The zero-order valence-electron chi connectivity index (χ0n) is 10.9. The van der Waals surface area contributed by atoms with Gasteiger partial charge in [0.2, 0.25) is 0 Å². The van der Waals surface area contributed by atoms with Gasteiger partial charge >= 0.3 is 0 Å². The average molecular weight is 306 g/mol. The lowest BCUT2D eigenvalue weighted by Gasteiger charge is -2.06. The first-order chi connectivity index (χ1) is 9.54. The second-order valence-electron chi connectivity index (χ2n) is 4.35. The van der Waals surface area contributed by atoms with Crippen molar-refractivity contribution in [3.05, 3.63) is 69.7 Å². The summed E-state index contributed by atoms with van der Waals surface area (Å²) in [6, 6.07) is 14.6. The van der Waals surface area contributed by atoms with E-state index >= 15 is 0 Å². The van der Waals surface area contributed by atoms with E-state index in [1.165, 1.54) is 0 Å². The Labute approximate surface area is 128 Å². The predicted molar refractivity (Wildman–Crippen MR) is 85.2 cm³/mol. The molecule has 0 bridgehead atoms. The topological polar surface area (TPSA) is 29.1 Å². The number of hydrogen-bond donors (Lipinski definition) is 1. The van der Waals surface area contributed by atoms with Crippen molar-refractivity contribution < 1.29 is 4.79 Å². The van der Waals surface area contributed by atoms with Crippen LogP contribution in [0.1, 0.15) is 12.5 Å². The second kappa shape index (κ2) is 6.60. The van der Waals surface area contributed by atoms with Gasteiger partial charge < -0.3 is 5.32 Å². The quantitative estimate of drug-likeness (QED) is 0.791. The maximum atomic E-state index is 12.1. The molecule has 1 amide bonds. The van der Waals surface area contributed by atoms with Crippen molar-refractivity contribution >= 4 is 40.9 Å². The van der Waals surface area contributed by atoms with E-state index in [1.54, 1.807) is 25.1 Å². The molecule has 0 aliphatic heterocycles. The van der Waals surface area contributed by atoms with E-state index < -0.39 is 0 Å². The maximum Gasteiger partial charge on any atom is 0.251 e. The van der Waals surface area contributed by atoms with Crippen LogP contribution in [0.2, 0.25) is 10.0 Å². The summed E-state index contributed by atoms with van der Waals surface area (Å²) >= 11 is 11.8. The molecule has 0 saturated heterocycles. The van der Waals surface area contributed by atoms with Crippen LogP contribution in [-0.2, 0) is 4.79 Å². The highest BCUT2D eigenvalue weighted by atomic mass is 35.5. The van der Waals surface area contributed by atoms with Gasteiger partial charge in [-0.2, -0.15) is 0 Å². The van der Waals surface area contributed by atoms with E-state index in [9.17, 15) is 4.79 Å². The van der Waals surface area contributed by atoms with Crippen LogP contribution in [0, 0.1) is 0 Å². The highest BCUT2D eigenvalue weighted by Gasteiger charge is 2.06. The molecule has 102 valence electrons. The van der Waals surface area contributed by atoms with Crippen LogP contribution in [0.15, 0.2) is 54.1 Å². The van der Waals surface area contributed by atoms with Gasteiger partial charge in [0.1, 0.15) is 0 Å². The second-order valence-corrected chi connectivity index (χ2v) is 5.22. The van der Waals surface area contributed by atoms with Crippen LogP contribution in [-0.4, -0.2) is 5.91 Å². The van der Waals surface area contributed by atoms with Crippen molar-refractivity contribution in [3.63, 3.8) is 0 Å². The van der Waals surface area contributed by atoms with Gasteiger partial charge in [-0.25, -0.2) is 0 Å². The molecule has 0 radical (unpaired) electrons. The van der Waals surface area contributed by atoms with E-state index in [2.05, 4.69) is 5.32 Å². The summed E-state index contributed by atoms with van der Waals surface area (Å²) in [5.74, 6) is -0.188. The third-order valence-electron chi connectivity index (χ3n) is 2.66. The van der Waals surface area contributed by atoms with Crippen LogP contribution < -0.4 is 5.32 Å². The Morgan fingerprint density at radius 2 is 1.65 bits per heavy atom. The van der Waals surface area contributed by atoms with Crippen LogP contribution >= 0.6 is 23.2 Å². The minimum absolute atomic E-state index is 0.188. The number of carbonyl (C=O) groups excluding carboxylic acids is 1. The van der Waals surface area contributed by atoms with Crippen molar-refractivity contribution in [1.82, 2.24) is 0 Å². The van der Waals surface area contributed by atoms with E-state index in [1.807, 2.05) is 36.4 Å². The molecule has 4 heteroatoms. The van der Waals surface area contributed by atoms with Crippen LogP contribution in [0.25, 0.3) is 6.08 Å². The zero-order chi connectivity index (χ0) is 14.5. The van der Waals surface area contributed by atoms with Gasteiger partial charge in [0, 0.05) is 21.3 Å². The molecular weight excluding hydrogens is 293 g/mol. The first-order valence-corrected chi connectivity index (χ1v) is 6.81. The summed E-state index contributed by atoms with van der Waals surface area (Å²) in [4.78, 5) is 12.1. The van der Waals surface area contributed by atoms with Crippen LogP contribution in [0.5, 0.6) is 0 Å². The molecule has 0 fully saturated rings. The molecule has 2 rings (SSSR count). The van der Waals surface area contributed by atoms with Crippen molar-refractivity contribution in [3.8, 4) is 0 Å². The third kappa shape index (κ3) is 4.12. The molecule has 0 aliphatic carbocycles. The van der Waals surface area contributed by atoms with Crippen molar-refractivity contribution in [2.24, 2.45) is 0 Å². The fourth-order valence-corrected chi connectivity index (χ4v) is 2.25. The Balaban J connectivity index is 2.13. The monoisotopic (exact) mass is 305 g/mol. The number of rotatable bonds is 3. The van der Waals surface area contributed by atoms with Gasteiger partial charge in [-0.05, 0) is 36.8 Å². The van der Waals surface area contributed by atoms with Gasteiger partial charge in [0.15, 0.2) is 0 Å². The number of halogens is 2. The summed E-state index contributed by atoms with van der Waals surface area (Å²) in [7, 11) is 0. The molecule has 0 atom stereocenters. The van der Waals surface area contributed by atoms with Crippen molar-refractivity contribution in [2.45, 2.75) is 6.92 Å². The summed E-state index contributed by atoms with van der Waals surface area (Å²) in [6.45, 7) is 1.76. The molecule has 0 heterocycles. The lowest BCUT2D eigenvalue weighted by atomic mass is 10.1. The van der Waals surface area contributed by atoms with Gasteiger partial charge in [0.05, 0.1) is 0 Å². The van der Waals surface area contributed by atoms with E-state index in [4.69, 9.17) is 23.2 Å². The van der Waals surface area contributed by atoms with E-state index in [0.717, 1.165) is 5.56 Å². The molecule has 2 nitrogen and oxygen atoms in total. The largest absolute Gasteiger partial charge is 0.322 e. The molecule has 1 N–H and O–H groups in total. The predicted octanol–water partition coefficient (Wildman–Crippen LogP) is 5.04.